The highest BCUT2D eigenvalue weighted by atomic mass is 35.5. The van der Waals surface area contributed by atoms with Crippen LogP contribution in [0.3, 0.4) is 0 Å². The highest BCUT2D eigenvalue weighted by Gasteiger charge is 2.07. The molecule has 1 N–H and O–H groups in total. The Bertz CT molecular complexity index is 559. The molecule has 0 aliphatic rings. The van der Waals surface area contributed by atoms with E-state index < -0.39 is 0 Å². The van der Waals surface area contributed by atoms with Gasteiger partial charge in [0.05, 0.1) is 0 Å². The predicted octanol–water partition coefficient (Wildman–Crippen LogP) is 2.52. The van der Waals surface area contributed by atoms with Gasteiger partial charge in [-0.3, -0.25) is 10.1 Å². The van der Waals surface area contributed by atoms with Gasteiger partial charge in [0.1, 0.15) is 10.8 Å². The number of aryl methyl sites for hydroxylation is 1. The summed E-state index contributed by atoms with van der Waals surface area (Å²) in [6.07, 6.45) is 0. The number of ether oxygens (including phenoxy) is 1. The van der Waals surface area contributed by atoms with Crippen LogP contribution in [0.5, 0.6) is 5.75 Å². The first-order valence-corrected chi connectivity index (χ1v) is 6.31. The summed E-state index contributed by atoms with van der Waals surface area (Å²) in [4.78, 5) is 11.5. The van der Waals surface area contributed by atoms with Crippen molar-refractivity contribution in [2.45, 2.75) is 6.92 Å². The SMILES string of the molecule is Cc1nnc(NC(=O)COc2cccc(Cl)c2)s1. The van der Waals surface area contributed by atoms with E-state index in [1.807, 2.05) is 6.92 Å². The van der Waals surface area contributed by atoms with Gasteiger partial charge < -0.3 is 4.74 Å². The molecule has 7 heteroatoms. The van der Waals surface area contributed by atoms with Crippen LogP contribution < -0.4 is 10.1 Å². The first-order chi connectivity index (χ1) is 8.63. The van der Waals surface area contributed by atoms with Gasteiger partial charge >= 0.3 is 0 Å². The monoisotopic (exact) mass is 283 g/mol. The number of anilines is 1. The lowest BCUT2D eigenvalue weighted by Crippen LogP contribution is -2.20. The second-order valence-corrected chi connectivity index (χ2v) is 5.04. The average Bonchev–Trinajstić information content (AvgIpc) is 2.72. The molecule has 0 aliphatic heterocycles. The van der Waals surface area contributed by atoms with E-state index in [4.69, 9.17) is 16.3 Å². The van der Waals surface area contributed by atoms with Crippen molar-refractivity contribution in [1.29, 1.82) is 0 Å². The quantitative estimate of drug-likeness (QED) is 0.936. The van der Waals surface area contributed by atoms with Gasteiger partial charge in [-0.15, -0.1) is 10.2 Å². The molecule has 0 saturated carbocycles. The van der Waals surface area contributed by atoms with Gasteiger partial charge in [-0.05, 0) is 25.1 Å². The lowest BCUT2D eigenvalue weighted by atomic mass is 10.3. The van der Waals surface area contributed by atoms with Crippen LogP contribution in [0.1, 0.15) is 5.01 Å². The van der Waals surface area contributed by atoms with Gasteiger partial charge in [0, 0.05) is 5.02 Å². The molecule has 1 heterocycles. The number of hydrogen-bond donors (Lipinski definition) is 1. The Morgan fingerprint density at radius 2 is 2.33 bits per heavy atom. The van der Waals surface area contributed by atoms with E-state index in [-0.39, 0.29) is 12.5 Å². The topological polar surface area (TPSA) is 64.1 Å². The second-order valence-electron chi connectivity index (χ2n) is 3.42. The third-order valence-corrected chi connectivity index (χ3v) is 2.93. The van der Waals surface area contributed by atoms with Crippen LogP contribution in [0.15, 0.2) is 24.3 Å². The summed E-state index contributed by atoms with van der Waals surface area (Å²) in [7, 11) is 0. The van der Waals surface area contributed by atoms with Crippen LogP contribution >= 0.6 is 22.9 Å². The summed E-state index contributed by atoms with van der Waals surface area (Å²) in [5, 5.41) is 12.0. The third-order valence-electron chi connectivity index (χ3n) is 1.94. The minimum absolute atomic E-state index is 0.0982. The van der Waals surface area contributed by atoms with E-state index in [1.54, 1.807) is 24.3 Å². The molecule has 0 unspecified atom stereocenters. The molecule has 0 saturated heterocycles. The van der Waals surface area contributed by atoms with E-state index in [0.29, 0.717) is 15.9 Å². The Kier molecular flexibility index (Phi) is 4.11. The second kappa shape index (κ2) is 5.79. The average molecular weight is 284 g/mol. The molecule has 0 fully saturated rings. The van der Waals surface area contributed by atoms with Gasteiger partial charge in [0.25, 0.3) is 5.91 Å². The molecule has 1 aromatic heterocycles. The van der Waals surface area contributed by atoms with E-state index in [1.165, 1.54) is 11.3 Å². The van der Waals surface area contributed by atoms with Gasteiger partial charge in [0.2, 0.25) is 5.13 Å². The largest absolute Gasteiger partial charge is 0.484 e. The van der Waals surface area contributed by atoms with Crippen molar-refractivity contribution in [3.63, 3.8) is 0 Å². The summed E-state index contributed by atoms with van der Waals surface area (Å²) in [5.41, 5.74) is 0. The van der Waals surface area contributed by atoms with E-state index in [0.717, 1.165) is 5.01 Å². The minimum atomic E-state index is -0.286. The van der Waals surface area contributed by atoms with E-state index >= 15 is 0 Å². The zero-order valence-electron chi connectivity index (χ0n) is 9.51. The van der Waals surface area contributed by atoms with Gasteiger partial charge in [0.15, 0.2) is 6.61 Å². The number of aromatic nitrogens is 2. The molecule has 1 aromatic carbocycles. The van der Waals surface area contributed by atoms with E-state index in [2.05, 4.69) is 15.5 Å². The molecule has 94 valence electrons. The van der Waals surface area contributed by atoms with Crippen LogP contribution in [0.4, 0.5) is 5.13 Å². The molecule has 18 heavy (non-hydrogen) atoms. The minimum Gasteiger partial charge on any atom is -0.484 e. The Labute approximate surface area is 113 Å². The van der Waals surface area contributed by atoms with Crippen LogP contribution in [0.2, 0.25) is 5.02 Å². The van der Waals surface area contributed by atoms with E-state index in [9.17, 15) is 4.79 Å². The Morgan fingerprint density at radius 1 is 1.50 bits per heavy atom. The smallest absolute Gasteiger partial charge is 0.264 e. The molecule has 0 aliphatic carbocycles. The molecule has 5 nitrogen and oxygen atoms in total. The molecule has 0 bridgehead atoms. The van der Waals surface area contributed by atoms with Crippen LogP contribution in [-0.4, -0.2) is 22.7 Å². The number of carbonyl (C=O) groups is 1. The fourth-order valence-electron chi connectivity index (χ4n) is 1.21. The zero-order chi connectivity index (χ0) is 13.0. The van der Waals surface area contributed by atoms with Gasteiger partial charge in [-0.1, -0.05) is 29.0 Å². The maximum atomic E-state index is 11.5. The Hall–Kier alpha value is -1.66. The molecule has 2 rings (SSSR count). The highest BCUT2D eigenvalue weighted by molar-refractivity contribution is 7.15. The summed E-state index contributed by atoms with van der Waals surface area (Å²) in [6, 6.07) is 6.86. The number of benzene rings is 1. The fraction of sp³-hybridized carbons (Fsp3) is 0.182. The first-order valence-electron chi connectivity index (χ1n) is 5.12. The van der Waals surface area contributed by atoms with Crippen LogP contribution in [-0.2, 0) is 4.79 Å². The molecule has 0 radical (unpaired) electrons. The van der Waals surface area contributed by atoms with Crippen molar-refractivity contribution in [2.24, 2.45) is 0 Å². The lowest BCUT2D eigenvalue weighted by molar-refractivity contribution is -0.118. The Balaban J connectivity index is 1.85. The summed E-state index contributed by atoms with van der Waals surface area (Å²) >= 11 is 7.10. The van der Waals surface area contributed by atoms with Crippen molar-refractivity contribution in [3.8, 4) is 5.75 Å². The molecule has 0 spiro atoms. The molecule has 1 amide bonds. The molecule has 0 atom stereocenters. The third kappa shape index (κ3) is 3.68. The van der Waals surface area contributed by atoms with Crippen molar-refractivity contribution < 1.29 is 9.53 Å². The van der Waals surface area contributed by atoms with Crippen molar-refractivity contribution in [1.82, 2.24) is 10.2 Å². The number of halogens is 1. The normalized spacial score (nSPS) is 10.1. The number of carbonyl (C=O) groups excluding carboxylic acids is 1. The van der Waals surface area contributed by atoms with Crippen molar-refractivity contribution in [2.75, 3.05) is 11.9 Å². The predicted molar refractivity (Wildman–Crippen MR) is 70.2 cm³/mol. The van der Waals surface area contributed by atoms with Crippen LogP contribution in [0, 0.1) is 6.92 Å². The van der Waals surface area contributed by atoms with Crippen molar-refractivity contribution in [3.05, 3.63) is 34.3 Å². The van der Waals surface area contributed by atoms with Crippen LogP contribution in [0.25, 0.3) is 0 Å². The summed E-state index contributed by atoms with van der Waals surface area (Å²) in [5.74, 6) is 0.261. The number of nitrogens with zero attached hydrogens (tertiary/aromatic N) is 2. The molecule has 2 aromatic rings. The zero-order valence-corrected chi connectivity index (χ0v) is 11.1. The standard InChI is InChI=1S/C11H10ClN3O2S/c1-7-14-15-11(18-7)13-10(16)6-17-9-4-2-3-8(12)5-9/h2-5H,6H2,1H3,(H,13,15,16). The van der Waals surface area contributed by atoms with Crippen molar-refractivity contribution >= 4 is 34.0 Å². The number of amides is 1. The summed E-state index contributed by atoms with van der Waals surface area (Å²) in [6.45, 7) is 1.72. The summed E-state index contributed by atoms with van der Waals surface area (Å²) < 4.78 is 5.29. The number of nitrogens with one attached hydrogen (secondary N) is 1. The highest BCUT2D eigenvalue weighted by Crippen LogP contribution is 2.17. The molecular formula is C11H10ClN3O2S. The maximum absolute atomic E-state index is 11.5. The first kappa shape index (κ1) is 12.8. The lowest BCUT2D eigenvalue weighted by Gasteiger charge is -2.05. The fourth-order valence-corrected chi connectivity index (χ4v) is 2.00. The number of hydrogen-bond acceptors (Lipinski definition) is 5. The maximum Gasteiger partial charge on any atom is 0.264 e. The van der Waals surface area contributed by atoms with Gasteiger partial charge in [-0.25, -0.2) is 0 Å². The van der Waals surface area contributed by atoms with Gasteiger partial charge in [-0.2, -0.15) is 0 Å². The number of rotatable bonds is 4. The Morgan fingerprint density at radius 3 is 3.00 bits per heavy atom. The molecular weight excluding hydrogens is 274 g/mol.